The molecule has 0 saturated heterocycles. The Kier molecular flexibility index (Phi) is 4.07. The van der Waals surface area contributed by atoms with Crippen molar-refractivity contribution in [2.75, 3.05) is 0 Å². The summed E-state index contributed by atoms with van der Waals surface area (Å²) in [6.45, 7) is 0. The van der Waals surface area contributed by atoms with Crippen molar-refractivity contribution in [2.45, 2.75) is 12.6 Å². The number of aliphatic carboxylic acids is 1. The fraction of sp³-hybridized carbons (Fsp3) is 0.222. The van der Waals surface area contributed by atoms with E-state index in [4.69, 9.17) is 5.11 Å². The molecule has 4 nitrogen and oxygen atoms in total. The molecule has 8 heteroatoms. The third-order valence-electron chi connectivity index (χ3n) is 1.88. The molecular formula is C9H6F3IO4. The second-order valence-electron chi connectivity index (χ2n) is 3.09. The van der Waals surface area contributed by atoms with Gasteiger partial charge in [0, 0.05) is 0 Å². The lowest BCUT2D eigenvalue weighted by Gasteiger charge is -2.08. The monoisotopic (exact) mass is 362 g/mol. The van der Waals surface area contributed by atoms with Crippen molar-refractivity contribution in [2.24, 2.45) is 0 Å². The lowest BCUT2D eigenvalue weighted by atomic mass is 10.1. The van der Waals surface area contributed by atoms with E-state index < -0.39 is 43.9 Å². The van der Waals surface area contributed by atoms with E-state index in [2.05, 4.69) is 0 Å². The molecule has 17 heavy (non-hydrogen) atoms. The van der Waals surface area contributed by atoms with Gasteiger partial charge >= 0.3 is 31.9 Å². The summed E-state index contributed by atoms with van der Waals surface area (Å²) in [6, 6.07) is 1.98. The number of carbonyl (C=O) groups is 1. The number of carboxylic acids is 1. The Labute approximate surface area is 101 Å². The number of carboxylic acid groups (broad SMARTS) is 1. The maximum Gasteiger partial charge on any atom is 0.416 e. The van der Waals surface area contributed by atoms with Crippen LogP contribution in [0.2, 0.25) is 0 Å². The summed E-state index contributed by atoms with van der Waals surface area (Å²) in [5.74, 6) is -1.39. The summed E-state index contributed by atoms with van der Waals surface area (Å²) in [5.41, 5.74) is -1.39. The van der Waals surface area contributed by atoms with Gasteiger partial charge in [-0.2, -0.15) is 13.2 Å². The maximum atomic E-state index is 12.3. The number of benzene rings is 1. The lowest BCUT2D eigenvalue weighted by molar-refractivity contribution is -0.138. The molecular weight excluding hydrogens is 356 g/mol. The molecule has 0 saturated carbocycles. The maximum absolute atomic E-state index is 12.3. The van der Waals surface area contributed by atoms with Crippen molar-refractivity contribution in [3.05, 3.63) is 32.9 Å². The Morgan fingerprint density at radius 2 is 1.88 bits per heavy atom. The van der Waals surface area contributed by atoms with Gasteiger partial charge < -0.3 is 5.11 Å². The van der Waals surface area contributed by atoms with Gasteiger partial charge in [0.15, 0.2) is 0 Å². The zero-order valence-electron chi connectivity index (χ0n) is 8.12. The fourth-order valence-electron chi connectivity index (χ4n) is 1.20. The molecule has 0 aliphatic carbocycles. The van der Waals surface area contributed by atoms with Crippen LogP contribution >= 0.6 is 19.8 Å². The van der Waals surface area contributed by atoms with Crippen LogP contribution < -0.4 is 0 Å². The van der Waals surface area contributed by atoms with Crippen molar-refractivity contribution in [3.63, 3.8) is 0 Å². The summed E-state index contributed by atoms with van der Waals surface area (Å²) in [4.78, 5) is 10.4. The highest BCUT2D eigenvalue weighted by Crippen LogP contribution is 2.32. The predicted molar refractivity (Wildman–Crippen MR) is 56.9 cm³/mol. The van der Waals surface area contributed by atoms with Crippen LogP contribution in [0.15, 0.2) is 18.2 Å². The van der Waals surface area contributed by atoms with Crippen molar-refractivity contribution in [1.82, 2.24) is 0 Å². The van der Waals surface area contributed by atoms with Crippen molar-refractivity contribution in [1.29, 1.82) is 0 Å². The Balaban J connectivity index is 3.34. The highest BCUT2D eigenvalue weighted by molar-refractivity contribution is 14.2. The van der Waals surface area contributed by atoms with Crippen LogP contribution in [0.3, 0.4) is 0 Å². The molecule has 0 heterocycles. The molecule has 0 aromatic heterocycles. The van der Waals surface area contributed by atoms with E-state index in [1.54, 1.807) is 0 Å². The van der Waals surface area contributed by atoms with Crippen LogP contribution in [0.4, 0.5) is 13.2 Å². The molecule has 0 fully saturated rings. The number of alkyl halides is 3. The molecule has 0 bridgehead atoms. The van der Waals surface area contributed by atoms with E-state index in [1.807, 2.05) is 0 Å². The van der Waals surface area contributed by atoms with Gasteiger partial charge in [-0.25, -0.2) is 6.14 Å². The molecule has 1 aromatic carbocycles. The smallest absolute Gasteiger partial charge is 0.416 e. The van der Waals surface area contributed by atoms with Gasteiger partial charge in [0.2, 0.25) is 0 Å². The van der Waals surface area contributed by atoms with Crippen LogP contribution in [-0.4, -0.2) is 11.1 Å². The van der Waals surface area contributed by atoms with E-state index in [0.29, 0.717) is 12.1 Å². The molecule has 94 valence electrons. The zero-order valence-corrected chi connectivity index (χ0v) is 10.3. The van der Waals surface area contributed by atoms with Crippen molar-refractivity contribution in [3.8, 4) is 0 Å². The number of hydrogen-bond acceptors (Lipinski definition) is 3. The average molecular weight is 362 g/mol. The minimum Gasteiger partial charge on any atom is -0.481 e. The predicted octanol–water partition coefficient (Wildman–Crippen LogP) is 2.70. The summed E-state index contributed by atoms with van der Waals surface area (Å²) in [6.07, 6.45) is -5.38. The number of rotatable bonds is 3. The number of hydrogen-bond donors (Lipinski definition) is 1. The summed E-state index contributed by atoms with van der Waals surface area (Å²) in [7, 11) is 0. The van der Waals surface area contributed by atoms with E-state index in [1.165, 1.54) is 0 Å². The van der Waals surface area contributed by atoms with Crippen molar-refractivity contribution < 1.29 is 29.2 Å². The Bertz CT molecular complexity index is 511. The first-order chi connectivity index (χ1) is 7.71. The molecule has 1 N–H and O–H groups in total. The third kappa shape index (κ3) is 3.65. The van der Waals surface area contributed by atoms with Gasteiger partial charge in [0.1, 0.15) is 0 Å². The highest BCUT2D eigenvalue weighted by atomic mass is 127. The molecule has 0 radical (unpaired) electrons. The minimum absolute atomic E-state index is 0.315. The first-order valence-corrected chi connectivity index (χ1v) is 7.03. The first-order valence-electron chi connectivity index (χ1n) is 4.19. The second kappa shape index (κ2) is 4.98. The average Bonchev–Trinajstić information content (AvgIpc) is 2.14. The van der Waals surface area contributed by atoms with Gasteiger partial charge in [-0.3, -0.25) is 4.79 Å². The SMILES string of the molecule is O=C(O)Cc1cc(C(F)(F)F)ccc1I(=O)=O. The summed E-state index contributed by atoms with van der Waals surface area (Å²) in [5, 5.41) is 8.50. The number of halogens is 4. The minimum atomic E-state index is -4.63. The van der Waals surface area contributed by atoms with Gasteiger partial charge in [0.25, 0.3) is 0 Å². The molecule has 0 unspecified atom stereocenters. The first kappa shape index (κ1) is 13.9. The molecule has 0 amide bonds. The van der Waals surface area contributed by atoms with E-state index in [9.17, 15) is 24.1 Å². The summed E-state index contributed by atoms with van der Waals surface area (Å²) >= 11 is -4.00. The Morgan fingerprint density at radius 1 is 1.29 bits per heavy atom. The fourth-order valence-corrected chi connectivity index (χ4v) is 2.59. The molecule has 0 spiro atoms. The van der Waals surface area contributed by atoms with E-state index >= 15 is 0 Å². The second-order valence-corrected chi connectivity index (χ2v) is 5.49. The van der Waals surface area contributed by atoms with Gasteiger partial charge in [-0.15, -0.1) is 0 Å². The Hall–Kier alpha value is -1.19. The normalized spacial score (nSPS) is 11.8. The molecule has 0 aliphatic heterocycles. The van der Waals surface area contributed by atoms with Crippen LogP contribution in [0.5, 0.6) is 0 Å². The standard InChI is InChI=1S/C9H6F3IO4/c10-9(11,12)6-1-2-7(13(16)17)5(3-6)4-8(14)15/h1-3H,4H2,(H,14,15). The zero-order chi connectivity index (χ0) is 13.2. The molecule has 1 aromatic rings. The van der Waals surface area contributed by atoms with Crippen LogP contribution in [0.1, 0.15) is 11.1 Å². The van der Waals surface area contributed by atoms with E-state index in [-0.39, 0.29) is 9.13 Å². The summed E-state index contributed by atoms with van der Waals surface area (Å²) < 4.78 is 58.4. The molecule has 1 rings (SSSR count). The largest absolute Gasteiger partial charge is 0.481 e. The molecule has 0 aliphatic rings. The lowest BCUT2D eigenvalue weighted by Crippen LogP contribution is -2.08. The molecule has 0 atom stereocenters. The van der Waals surface area contributed by atoms with E-state index in [0.717, 1.165) is 6.07 Å². The van der Waals surface area contributed by atoms with Gasteiger partial charge in [0.05, 0.1) is 15.6 Å². The van der Waals surface area contributed by atoms with Gasteiger partial charge in [-0.1, -0.05) is 0 Å². The van der Waals surface area contributed by atoms with Gasteiger partial charge in [-0.05, 0) is 23.8 Å². The Morgan fingerprint density at radius 3 is 2.29 bits per heavy atom. The highest BCUT2D eigenvalue weighted by Gasteiger charge is 2.31. The quantitative estimate of drug-likeness (QED) is 0.840. The third-order valence-corrected chi connectivity index (χ3v) is 3.88. The van der Waals surface area contributed by atoms with Crippen LogP contribution in [0, 0.1) is 3.57 Å². The van der Waals surface area contributed by atoms with Crippen molar-refractivity contribution >= 4 is 25.8 Å². The van der Waals surface area contributed by atoms with Crippen LogP contribution in [0.25, 0.3) is 0 Å². The van der Waals surface area contributed by atoms with Crippen LogP contribution in [-0.2, 0) is 23.5 Å². The topological polar surface area (TPSA) is 71.4 Å².